The quantitative estimate of drug-likeness (QED) is 0.843. The second-order valence-electron chi connectivity index (χ2n) is 5.96. The van der Waals surface area contributed by atoms with Gasteiger partial charge in [-0.1, -0.05) is 31.2 Å². The summed E-state index contributed by atoms with van der Waals surface area (Å²) >= 11 is 0. The molecule has 104 valence electrons. The summed E-state index contributed by atoms with van der Waals surface area (Å²) < 4.78 is 0. The van der Waals surface area contributed by atoms with E-state index in [0.29, 0.717) is 6.04 Å². The summed E-state index contributed by atoms with van der Waals surface area (Å²) in [7, 11) is 0. The molecule has 0 radical (unpaired) electrons. The molecule has 1 N–H and O–H groups in total. The molecule has 0 bridgehead atoms. The van der Waals surface area contributed by atoms with Crippen molar-refractivity contribution in [2.24, 2.45) is 0 Å². The van der Waals surface area contributed by atoms with E-state index in [9.17, 15) is 0 Å². The number of hydrogen-bond donors (Lipinski definition) is 1. The van der Waals surface area contributed by atoms with Crippen LogP contribution >= 0.6 is 0 Å². The average molecular weight is 258 g/mol. The number of aryl methyl sites for hydroxylation is 1. The Labute approximate surface area is 117 Å². The molecule has 2 nitrogen and oxygen atoms in total. The van der Waals surface area contributed by atoms with Crippen LogP contribution < -0.4 is 5.32 Å². The number of likely N-dealkylation sites (N-methyl/N-ethyl adjacent to an activating group) is 1. The van der Waals surface area contributed by atoms with Gasteiger partial charge in [0.05, 0.1) is 0 Å². The van der Waals surface area contributed by atoms with Gasteiger partial charge >= 0.3 is 0 Å². The SMILES string of the molecule is CCN(CCNC1CCCc2ccccc21)C1CC1. The van der Waals surface area contributed by atoms with Crippen molar-refractivity contribution in [2.45, 2.75) is 51.1 Å². The second-order valence-corrected chi connectivity index (χ2v) is 5.96. The summed E-state index contributed by atoms with van der Waals surface area (Å²) in [5, 5.41) is 3.78. The van der Waals surface area contributed by atoms with Gasteiger partial charge in [-0.05, 0) is 49.8 Å². The first-order valence-electron chi connectivity index (χ1n) is 7.93. The van der Waals surface area contributed by atoms with Crippen molar-refractivity contribution >= 4 is 0 Å². The van der Waals surface area contributed by atoms with Gasteiger partial charge in [0.2, 0.25) is 0 Å². The third kappa shape index (κ3) is 3.18. The zero-order chi connectivity index (χ0) is 13.1. The van der Waals surface area contributed by atoms with Crippen LogP contribution in [0.4, 0.5) is 0 Å². The van der Waals surface area contributed by atoms with Crippen LogP contribution in [0.3, 0.4) is 0 Å². The molecular formula is C17H26N2. The molecular weight excluding hydrogens is 232 g/mol. The van der Waals surface area contributed by atoms with Crippen molar-refractivity contribution in [1.29, 1.82) is 0 Å². The van der Waals surface area contributed by atoms with E-state index in [0.717, 1.165) is 12.6 Å². The monoisotopic (exact) mass is 258 g/mol. The first kappa shape index (κ1) is 13.1. The molecule has 0 spiro atoms. The van der Waals surface area contributed by atoms with Crippen molar-refractivity contribution in [3.63, 3.8) is 0 Å². The lowest BCUT2D eigenvalue weighted by Crippen LogP contribution is -2.36. The molecule has 0 amide bonds. The van der Waals surface area contributed by atoms with E-state index in [1.807, 2.05) is 0 Å². The number of benzene rings is 1. The fraction of sp³-hybridized carbons (Fsp3) is 0.647. The van der Waals surface area contributed by atoms with Gasteiger partial charge in [0, 0.05) is 25.2 Å². The number of rotatable bonds is 6. The van der Waals surface area contributed by atoms with Gasteiger partial charge < -0.3 is 5.32 Å². The highest BCUT2D eigenvalue weighted by atomic mass is 15.2. The summed E-state index contributed by atoms with van der Waals surface area (Å²) in [6, 6.07) is 10.4. The lowest BCUT2D eigenvalue weighted by atomic mass is 9.88. The molecule has 1 saturated carbocycles. The zero-order valence-corrected chi connectivity index (χ0v) is 12.1. The van der Waals surface area contributed by atoms with Gasteiger partial charge in [0.1, 0.15) is 0 Å². The van der Waals surface area contributed by atoms with E-state index in [2.05, 4.69) is 41.4 Å². The summed E-state index contributed by atoms with van der Waals surface area (Å²) in [5.41, 5.74) is 3.10. The van der Waals surface area contributed by atoms with Gasteiger partial charge in [-0.3, -0.25) is 4.90 Å². The lowest BCUT2D eigenvalue weighted by Gasteiger charge is -2.28. The van der Waals surface area contributed by atoms with E-state index < -0.39 is 0 Å². The lowest BCUT2D eigenvalue weighted by molar-refractivity contribution is 0.270. The van der Waals surface area contributed by atoms with E-state index in [1.165, 1.54) is 45.2 Å². The Bertz CT molecular complexity index is 411. The molecule has 0 aromatic heterocycles. The Hall–Kier alpha value is -0.860. The molecule has 0 aliphatic heterocycles. The minimum absolute atomic E-state index is 0.586. The molecule has 3 rings (SSSR count). The summed E-state index contributed by atoms with van der Waals surface area (Å²) in [6.45, 7) is 5.82. The maximum absolute atomic E-state index is 3.78. The molecule has 2 heteroatoms. The molecule has 1 fully saturated rings. The summed E-state index contributed by atoms with van der Waals surface area (Å²) in [5.74, 6) is 0. The summed E-state index contributed by atoms with van der Waals surface area (Å²) in [6.07, 6.45) is 6.72. The minimum atomic E-state index is 0.586. The number of nitrogens with one attached hydrogen (secondary N) is 1. The van der Waals surface area contributed by atoms with Crippen LogP contribution in [0.2, 0.25) is 0 Å². The van der Waals surface area contributed by atoms with Gasteiger partial charge in [-0.15, -0.1) is 0 Å². The van der Waals surface area contributed by atoms with Crippen LogP contribution in [-0.4, -0.2) is 30.6 Å². The predicted molar refractivity (Wildman–Crippen MR) is 80.4 cm³/mol. The Morgan fingerprint density at radius 1 is 1.21 bits per heavy atom. The first-order chi connectivity index (χ1) is 9.38. The summed E-state index contributed by atoms with van der Waals surface area (Å²) in [4.78, 5) is 2.63. The van der Waals surface area contributed by atoms with E-state index in [-0.39, 0.29) is 0 Å². The zero-order valence-electron chi connectivity index (χ0n) is 12.1. The molecule has 0 saturated heterocycles. The van der Waals surface area contributed by atoms with Crippen molar-refractivity contribution < 1.29 is 0 Å². The van der Waals surface area contributed by atoms with Gasteiger partial charge in [0.15, 0.2) is 0 Å². The molecule has 0 heterocycles. The van der Waals surface area contributed by atoms with Crippen LogP contribution in [0.1, 0.15) is 49.8 Å². The van der Waals surface area contributed by atoms with Crippen molar-refractivity contribution in [2.75, 3.05) is 19.6 Å². The largest absolute Gasteiger partial charge is 0.309 e. The maximum Gasteiger partial charge on any atom is 0.0323 e. The Morgan fingerprint density at radius 2 is 2.05 bits per heavy atom. The average Bonchev–Trinajstić information content (AvgIpc) is 3.28. The third-order valence-corrected chi connectivity index (χ3v) is 4.63. The number of fused-ring (bicyclic) bond motifs is 1. The smallest absolute Gasteiger partial charge is 0.0323 e. The maximum atomic E-state index is 3.78. The molecule has 1 atom stereocenters. The van der Waals surface area contributed by atoms with Crippen LogP contribution in [0, 0.1) is 0 Å². The van der Waals surface area contributed by atoms with E-state index in [4.69, 9.17) is 0 Å². The van der Waals surface area contributed by atoms with Crippen molar-refractivity contribution in [1.82, 2.24) is 10.2 Å². The Kier molecular flexibility index (Phi) is 4.19. The highest BCUT2D eigenvalue weighted by Gasteiger charge is 2.27. The van der Waals surface area contributed by atoms with E-state index >= 15 is 0 Å². The highest BCUT2D eigenvalue weighted by molar-refractivity contribution is 5.32. The fourth-order valence-corrected chi connectivity index (χ4v) is 3.39. The molecule has 1 aromatic rings. The Balaban J connectivity index is 1.53. The molecule has 19 heavy (non-hydrogen) atoms. The molecule has 2 aliphatic rings. The second kappa shape index (κ2) is 6.06. The molecule has 1 aromatic carbocycles. The minimum Gasteiger partial charge on any atom is -0.309 e. The number of hydrogen-bond acceptors (Lipinski definition) is 2. The molecule has 2 aliphatic carbocycles. The Morgan fingerprint density at radius 3 is 2.84 bits per heavy atom. The predicted octanol–water partition coefficient (Wildman–Crippen LogP) is 3.14. The van der Waals surface area contributed by atoms with Crippen LogP contribution in [0.25, 0.3) is 0 Å². The fourth-order valence-electron chi connectivity index (χ4n) is 3.39. The first-order valence-corrected chi connectivity index (χ1v) is 7.93. The molecule has 1 unspecified atom stereocenters. The van der Waals surface area contributed by atoms with Gasteiger partial charge in [-0.2, -0.15) is 0 Å². The van der Waals surface area contributed by atoms with Gasteiger partial charge in [-0.25, -0.2) is 0 Å². The number of nitrogens with zero attached hydrogens (tertiary/aromatic N) is 1. The van der Waals surface area contributed by atoms with Crippen molar-refractivity contribution in [3.05, 3.63) is 35.4 Å². The normalized spacial score (nSPS) is 22.5. The standard InChI is InChI=1S/C17H26N2/c1-2-19(15-10-11-15)13-12-18-17-9-5-7-14-6-3-4-8-16(14)17/h3-4,6,8,15,17-18H,2,5,7,9-13H2,1H3. The van der Waals surface area contributed by atoms with Gasteiger partial charge in [0.25, 0.3) is 0 Å². The van der Waals surface area contributed by atoms with E-state index in [1.54, 1.807) is 11.1 Å². The topological polar surface area (TPSA) is 15.3 Å². The van der Waals surface area contributed by atoms with Crippen molar-refractivity contribution in [3.8, 4) is 0 Å². The third-order valence-electron chi connectivity index (χ3n) is 4.63. The highest BCUT2D eigenvalue weighted by Crippen LogP contribution is 2.29. The van der Waals surface area contributed by atoms with Crippen LogP contribution in [-0.2, 0) is 6.42 Å². The van der Waals surface area contributed by atoms with Crippen LogP contribution in [0.15, 0.2) is 24.3 Å². The van der Waals surface area contributed by atoms with Crippen LogP contribution in [0.5, 0.6) is 0 Å².